The number of carbonyl (C=O) groups excluding carboxylic acids is 2. The predicted octanol–water partition coefficient (Wildman–Crippen LogP) is 3.97. The molecular weight excluding hydrogens is 363 g/mol. The average molecular weight is 382 g/mol. The quantitative estimate of drug-likeness (QED) is 0.457. The summed E-state index contributed by atoms with van der Waals surface area (Å²) in [4.78, 5) is 28.2. The monoisotopic (exact) mass is 382 g/mol. The molecule has 0 radical (unpaired) electrons. The third-order valence-corrected chi connectivity index (χ3v) is 4.08. The van der Waals surface area contributed by atoms with Crippen molar-refractivity contribution in [3.05, 3.63) is 77.6 Å². The van der Waals surface area contributed by atoms with Gasteiger partial charge < -0.3 is 9.47 Å². The van der Waals surface area contributed by atoms with Crippen LogP contribution in [-0.2, 0) is 11.3 Å². The zero-order chi connectivity index (χ0) is 20.1. The molecule has 0 unspecified atom stereocenters. The third kappa shape index (κ3) is 4.25. The number of ether oxygens (including phenoxy) is 2. The zero-order valence-electron chi connectivity index (χ0n) is 15.5. The van der Waals surface area contributed by atoms with Gasteiger partial charge in [0.05, 0.1) is 19.1 Å². The topological polar surface area (TPSA) is 70.4 Å². The molecule has 3 aromatic rings. The van der Waals surface area contributed by atoms with Gasteiger partial charge in [0.25, 0.3) is 0 Å². The van der Waals surface area contributed by atoms with E-state index in [0.717, 1.165) is 0 Å². The number of halogens is 1. The van der Waals surface area contributed by atoms with E-state index < -0.39 is 5.97 Å². The molecule has 0 fully saturated rings. The van der Waals surface area contributed by atoms with Crippen LogP contribution in [0.3, 0.4) is 0 Å². The van der Waals surface area contributed by atoms with Crippen LogP contribution in [0.5, 0.6) is 5.75 Å². The van der Waals surface area contributed by atoms with Crippen LogP contribution < -0.4 is 4.74 Å². The van der Waals surface area contributed by atoms with Gasteiger partial charge in [0, 0.05) is 16.8 Å². The van der Waals surface area contributed by atoms with Gasteiger partial charge in [-0.3, -0.25) is 9.36 Å². The fourth-order valence-electron chi connectivity index (χ4n) is 2.68. The predicted molar refractivity (Wildman–Crippen MR) is 100 cm³/mol. The van der Waals surface area contributed by atoms with Gasteiger partial charge in [-0.1, -0.05) is 0 Å². The maximum absolute atomic E-state index is 13.1. The van der Waals surface area contributed by atoms with E-state index in [2.05, 4.69) is 4.98 Å². The number of nitrogens with zero attached hydrogens (tertiary/aromatic N) is 2. The van der Waals surface area contributed by atoms with Gasteiger partial charge in [0.15, 0.2) is 11.5 Å². The van der Waals surface area contributed by atoms with E-state index in [1.165, 1.54) is 48.3 Å². The number of hydrogen-bond donors (Lipinski definition) is 0. The highest BCUT2D eigenvalue weighted by atomic mass is 19.1. The summed E-state index contributed by atoms with van der Waals surface area (Å²) in [5.41, 5.74) is 1.88. The lowest BCUT2D eigenvalue weighted by Crippen LogP contribution is -2.11. The molecule has 0 spiro atoms. The van der Waals surface area contributed by atoms with Gasteiger partial charge >= 0.3 is 5.97 Å². The Morgan fingerprint density at radius 2 is 1.89 bits per heavy atom. The first-order valence-corrected chi connectivity index (χ1v) is 8.71. The Kier molecular flexibility index (Phi) is 5.84. The first-order chi connectivity index (χ1) is 13.5. The summed E-state index contributed by atoms with van der Waals surface area (Å²) in [7, 11) is 0. The minimum Gasteiger partial charge on any atom is -0.493 e. The molecule has 2 aromatic carbocycles. The summed E-state index contributed by atoms with van der Waals surface area (Å²) < 4.78 is 25.6. The van der Waals surface area contributed by atoms with Gasteiger partial charge in [-0.25, -0.2) is 14.2 Å². The summed E-state index contributed by atoms with van der Waals surface area (Å²) >= 11 is 0. The molecule has 0 N–H and O–H groups in total. The van der Waals surface area contributed by atoms with Gasteiger partial charge in [-0.2, -0.15) is 0 Å². The molecule has 0 aliphatic heterocycles. The number of carbonyl (C=O) groups is 2. The minimum atomic E-state index is -0.600. The Balaban J connectivity index is 1.80. The lowest BCUT2D eigenvalue weighted by atomic mass is 10.1. The van der Waals surface area contributed by atoms with Gasteiger partial charge in [-0.05, 0) is 56.3 Å². The molecule has 0 aliphatic carbocycles. The number of ketones is 1. The molecule has 1 heterocycles. The van der Waals surface area contributed by atoms with Crippen molar-refractivity contribution in [2.75, 3.05) is 6.61 Å². The van der Waals surface area contributed by atoms with Crippen molar-refractivity contribution < 1.29 is 23.5 Å². The van der Waals surface area contributed by atoms with E-state index in [1.54, 1.807) is 18.2 Å². The summed E-state index contributed by atoms with van der Waals surface area (Å²) in [6.45, 7) is 3.68. The summed E-state index contributed by atoms with van der Waals surface area (Å²) in [6, 6.07) is 10.7. The SMILES string of the molecule is CCOc1ccc(C(C)=O)cc1COC(=O)c1cncn1-c1ccc(F)cc1. The van der Waals surface area contributed by atoms with Crippen LogP contribution in [0.1, 0.15) is 40.3 Å². The molecule has 0 saturated heterocycles. The second-order valence-corrected chi connectivity index (χ2v) is 6.01. The van der Waals surface area contributed by atoms with Crippen LogP contribution in [0.15, 0.2) is 55.0 Å². The molecular formula is C21H19FN2O4. The van der Waals surface area contributed by atoms with E-state index in [0.29, 0.717) is 29.2 Å². The Morgan fingerprint density at radius 1 is 1.14 bits per heavy atom. The van der Waals surface area contributed by atoms with Gasteiger partial charge in [0.1, 0.15) is 18.2 Å². The number of benzene rings is 2. The lowest BCUT2D eigenvalue weighted by Gasteiger charge is -2.13. The number of hydrogen-bond acceptors (Lipinski definition) is 5. The van der Waals surface area contributed by atoms with E-state index >= 15 is 0 Å². The highest BCUT2D eigenvalue weighted by molar-refractivity contribution is 5.94. The Morgan fingerprint density at radius 3 is 2.57 bits per heavy atom. The van der Waals surface area contributed by atoms with Crippen molar-refractivity contribution in [2.45, 2.75) is 20.5 Å². The van der Waals surface area contributed by atoms with Crippen molar-refractivity contribution >= 4 is 11.8 Å². The Labute approximate surface area is 161 Å². The number of aromatic nitrogens is 2. The van der Waals surface area contributed by atoms with Crippen molar-refractivity contribution in [2.24, 2.45) is 0 Å². The second kappa shape index (κ2) is 8.47. The summed E-state index contributed by atoms with van der Waals surface area (Å²) in [5.74, 6) is -0.517. The van der Waals surface area contributed by atoms with Crippen LogP contribution >= 0.6 is 0 Å². The standard InChI is InChI=1S/C21H19FN2O4/c1-3-27-20-9-4-15(14(2)25)10-16(20)12-28-21(26)19-11-23-13-24(19)18-7-5-17(22)6-8-18/h4-11,13H,3,12H2,1-2H3. The van der Waals surface area contributed by atoms with E-state index in [4.69, 9.17) is 9.47 Å². The van der Waals surface area contributed by atoms with Crippen LogP contribution in [0.25, 0.3) is 5.69 Å². The summed E-state index contributed by atoms with van der Waals surface area (Å²) in [6.07, 6.45) is 2.83. The number of Topliss-reactive ketones (excluding diaryl/α,β-unsaturated/α-hetero) is 1. The van der Waals surface area contributed by atoms with Crippen molar-refractivity contribution in [1.82, 2.24) is 9.55 Å². The second-order valence-electron chi connectivity index (χ2n) is 6.01. The molecule has 28 heavy (non-hydrogen) atoms. The molecule has 3 rings (SSSR count). The molecule has 6 nitrogen and oxygen atoms in total. The third-order valence-electron chi connectivity index (χ3n) is 4.08. The molecule has 0 bridgehead atoms. The number of rotatable bonds is 7. The van der Waals surface area contributed by atoms with Crippen LogP contribution in [0.4, 0.5) is 4.39 Å². The highest BCUT2D eigenvalue weighted by Gasteiger charge is 2.16. The van der Waals surface area contributed by atoms with E-state index in [1.807, 2.05) is 6.92 Å². The Bertz CT molecular complexity index is 996. The molecule has 0 saturated carbocycles. The molecule has 7 heteroatoms. The van der Waals surface area contributed by atoms with Crippen LogP contribution in [-0.4, -0.2) is 27.9 Å². The summed E-state index contributed by atoms with van der Waals surface area (Å²) in [5, 5.41) is 0. The first-order valence-electron chi connectivity index (χ1n) is 8.71. The van der Waals surface area contributed by atoms with Crippen molar-refractivity contribution in [3.63, 3.8) is 0 Å². The zero-order valence-corrected chi connectivity index (χ0v) is 15.5. The van der Waals surface area contributed by atoms with Crippen LogP contribution in [0, 0.1) is 5.82 Å². The average Bonchev–Trinajstić information content (AvgIpc) is 3.17. The fraction of sp³-hybridized carbons (Fsp3) is 0.190. The smallest absolute Gasteiger partial charge is 0.357 e. The van der Waals surface area contributed by atoms with Crippen molar-refractivity contribution in [3.8, 4) is 11.4 Å². The largest absolute Gasteiger partial charge is 0.493 e. The van der Waals surface area contributed by atoms with E-state index in [9.17, 15) is 14.0 Å². The molecule has 0 aliphatic rings. The molecule has 144 valence electrons. The maximum Gasteiger partial charge on any atom is 0.357 e. The number of imidazole rings is 1. The first kappa shape index (κ1) is 19.3. The normalized spacial score (nSPS) is 10.5. The molecule has 1 aromatic heterocycles. The van der Waals surface area contributed by atoms with Gasteiger partial charge in [-0.15, -0.1) is 0 Å². The maximum atomic E-state index is 13.1. The van der Waals surface area contributed by atoms with E-state index in [-0.39, 0.29) is 23.9 Å². The highest BCUT2D eigenvalue weighted by Crippen LogP contribution is 2.22. The van der Waals surface area contributed by atoms with Crippen molar-refractivity contribution in [1.29, 1.82) is 0 Å². The van der Waals surface area contributed by atoms with Crippen LogP contribution in [0.2, 0.25) is 0 Å². The Hall–Kier alpha value is -3.48. The molecule has 0 atom stereocenters. The van der Waals surface area contributed by atoms with Gasteiger partial charge in [0.2, 0.25) is 0 Å². The fourth-order valence-corrected chi connectivity index (χ4v) is 2.68. The lowest BCUT2D eigenvalue weighted by molar-refractivity contribution is 0.0460. The molecule has 0 amide bonds. The number of esters is 1. The minimum absolute atomic E-state index is 0.0656.